The van der Waals surface area contributed by atoms with Gasteiger partial charge in [-0.05, 0) is 13.8 Å². The number of nitrogens with zero attached hydrogens (tertiary/aromatic N) is 4. The number of carbonyl (C=O) groups is 1. The lowest BCUT2D eigenvalue weighted by atomic mass is 10.1. The van der Waals surface area contributed by atoms with Gasteiger partial charge < -0.3 is 5.32 Å². The van der Waals surface area contributed by atoms with Crippen molar-refractivity contribution in [3.05, 3.63) is 52.9 Å². The highest BCUT2D eigenvalue weighted by Gasteiger charge is 2.15. The summed E-state index contributed by atoms with van der Waals surface area (Å²) in [7, 11) is 0. The van der Waals surface area contributed by atoms with Crippen LogP contribution in [0.25, 0.3) is 11.3 Å². The molecule has 0 fully saturated rings. The Morgan fingerprint density at radius 3 is 2.83 bits per heavy atom. The van der Waals surface area contributed by atoms with Crippen molar-refractivity contribution in [1.82, 2.24) is 25.1 Å². The molecule has 124 valence electrons. The van der Waals surface area contributed by atoms with Gasteiger partial charge in [0.2, 0.25) is 5.91 Å². The predicted octanol–water partition coefficient (Wildman–Crippen LogP) is 2.63. The summed E-state index contributed by atoms with van der Waals surface area (Å²) in [5.41, 5.74) is 2.15. The average Bonchev–Trinajstić information content (AvgIpc) is 3.25. The maximum Gasteiger partial charge on any atom is 0.244 e. The van der Waals surface area contributed by atoms with Crippen LogP contribution in [-0.4, -0.2) is 32.2 Å². The third kappa shape index (κ3) is 3.68. The summed E-state index contributed by atoms with van der Waals surface area (Å²) < 4.78 is 1.54. The predicted molar refractivity (Wildman–Crippen MR) is 93.7 cm³/mol. The molecular formula is C17H19N5OS. The molecule has 24 heavy (non-hydrogen) atoms. The van der Waals surface area contributed by atoms with Gasteiger partial charge in [0.25, 0.3) is 0 Å². The summed E-state index contributed by atoms with van der Waals surface area (Å²) in [5, 5.41) is 7.94. The number of rotatable bonds is 6. The number of amides is 1. The van der Waals surface area contributed by atoms with Crippen molar-refractivity contribution in [3.8, 4) is 11.3 Å². The number of carbonyl (C=O) groups excluding carboxylic acids is 1. The fraction of sp³-hybridized carbons (Fsp3) is 0.294. The molecule has 7 heteroatoms. The number of nitrogens with one attached hydrogen (secondary N) is 1. The van der Waals surface area contributed by atoms with Gasteiger partial charge in [0.15, 0.2) is 0 Å². The normalized spacial score (nSPS) is 12.1. The zero-order valence-corrected chi connectivity index (χ0v) is 14.5. The number of aryl methyl sites for hydroxylation is 1. The molecule has 1 atom stereocenters. The quantitative estimate of drug-likeness (QED) is 0.748. The Morgan fingerprint density at radius 2 is 2.12 bits per heavy atom. The first-order valence-corrected chi connectivity index (χ1v) is 8.60. The van der Waals surface area contributed by atoms with Crippen LogP contribution in [0.2, 0.25) is 0 Å². The van der Waals surface area contributed by atoms with Crippen molar-refractivity contribution >= 4 is 17.2 Å². The van der Waals surface area contributed by atoms with Gasteiger partial charge in [0.1, 0.15) is 18.7 Å². The van der Waals surface area contributed by atoms with E-state index in [4.69, 9.17) is 4.98 Å². The van der Waals surface area contributed by atoms with E-state index in [1.807, 2.05) is 18.2 Å². The van der Waals surface area contributed by atoms with E-state index in [9.17, 15) is 4.79 Å². The smallest absolute Gasteiger partial charge is 0.244 e. The number of aromatic nitrogens is 4. The van der Waals surface area contributed by atoms with Gasteiger partial charge >= 0.3 is 0 Å². The first-order chi connectivity index (χ1) is 11.6. The highest BCUT2D eigenvalue weighted by molar-refractivity contribution is 7.12. The van der Waals surface area contributed by atoms with Crippen LogP contribution in [0.3, 0.4) is 0 Å². The Hall–Kier alpha value is -2.54. The Balaban J connectivity index is 1.57. The largest absolute Gasteiger partial charge is 0.354 e. The standard InChI is InChI=1S/C17H19N5OS/c1-12(22-11-18-10-20-22)17(23)19-9-8-15-21-16(13(2)24-15)14-6-4-3-5-7-14/h3-7,10-12H,8-9H2,1-2H3,(H,19,23)/t12-/m1/s1. The molecule has 0 bridgehead atoms. The van der Waals surface area contributed by atoms with Crippen molar-refractivity contribution in [1.29, 1.82) is 0 Å². The van der Waals surface area contributed by atoms with Crippen molar-refractivity contribution in [2.75, 3.05) is 6.54 Å². The van der Waals surface area contributed by atoms with E-state index in [1.54, 1.807) is 24.6 Å². The van der Waals surface area contributed by atoms with Crippen molar-refractivity contribution in [2.45, 2.75) is 26.3 Å². The SMILES string of the molecule is Cc1sc(CCNC(=O)[C@@H](C)n2cncn2)nc1-c1ccccc1. The molecule has 2 heterocycles. The van der Waals surface area contributed by atoms with E-state index < -0.39 is 0 Å². The van der Waals surface area contributed by atoms with Crippen LogP contribution in [0.5, 0.6) is 0 Å². The summed E-state index contributed by atoms with van der Waals surface area (Å²) in [6.45, 7) is 4.43. The van der Waals surface area contributed by atoms with Gasteiger partial charge in [-0.15, -0.1) is 11.3 Å². The molecule has 0 aliphatic carbocycles. The molecule has 0 spiro atoms. The summed E-state index contributed by atoms with van der Waals surface area (Å²) >= 11 is 1.68. The molecule has 3 aromatic rings. The van der Waals surface area contributed by atoms with E-state index in [1.165, 1.54) is 15.9 Å². The van der Waals surface area contributed by atoms with Crippen LogP contribution >= 0.6 is 11.3 Å². The van der Waals surface area contributed by atoms with Crippen LogP contribution in [0, 0.1) is 6.92 Å². The van der Waals surface area contributed by atoms with E-state index in [2.05, 4.69) is 34.5 Å². The molecule has 0 unspecified atom stereocenters. The minimum absolute atomic E-state index is 0.0722. The molecule has 0 aliphatic heterocycles. The van der Waals surface area contributed by atoms with Gasteiger partial charge in [0, 0.05) is 23.4 Å². The molecule has 1 amide bonds. The molecule has 0 saturated heterocycles. The highest BCUT2D eigenvalue weighted by Crippen LogP contribution is 2.27. The van der Waals surface area contributed by atoms with Crippen LogP contribution in [0.4, 0.5) is 0 Å². The first kappa shape index (κ1) is 16.3. The Morgan fingerprint density at radius 1 is 1.33 bits per heavy atom. The number of thiazole rings is 1. The van der Waals surface area contributed by atoms with Crippen molar-refractivity contribution < 1.29 is 4.79 Å². The molecule has 3 rings (SSSR count). The van der Waals surface area contributed by atoms with E-state index >= 15 is 0 Å². The Bertz CT molecular complexity index is 798. The zero-order chi connectivity index (χ0) is 16.9. The molecular weight excluding hydrogens is 322 g/mol. The molecule has 0 aliphatic rings. The number of hydrogen-bond acceptors (Lipinski definition) is 5. The molecule has 1 N–H and O–H groups in total. The van der Waals surface area contributed by atoms with Gasteiger partial charge in [0.05, 0.1) is 10.7 Å². The molecule has 6 nitrogen and oxygen atoms in total. The first-order valence-electron chi connectivity index (χ1n) is 7.78. The van der Waals surface area contributed by atoms with Crippen LogP contribution in [0.15, 0.2) is 43.0 Å². The third-order valence-corrected chi connectivity index (χ3v) is 4.77. The number of hydrogen-bond donors (Lipinski definition) is 1. The lowest BCUT2D eigenvalue weighted by Gasteiger charge is -2.11. The van der Waals surface area contributed by atoms with Gasteiger partial charge in [-0.3, -0.25) is 4.79 Å². The topological polar surface area (TPSA) is 72.7 Å². The monoisotopic (exact) mass is 341 g/mol. The summed E-state index contributed by atoms with van der Waals surface area (Å²) in [4.78, 5) is 21.9. The third-order valence-electron chi connectivity index (χ3n) is 3.74. The summed E-state index contributed by atoms with van der Waals surface area (Å²) in [5.74, 6) is -0.0722. The zero-order valence-electron chi connectivity index (χ0n) is 13.6. The number of benzene rings is 1. The molecule has 2 aromatic heterocycles. The molecule has 0 radical (unpaired) electrons. The van der Waals surface area contributed by atoms with Gasteiger partial charge in [-0.2, -0.15) is 5.10 Å². The van der Waals surface area contributed by atoms with E-state index in [0.717, 1.165) is 16.3 Å². The fourth-order valence-corrected chi connectivity index (χ4v) is 3.35. The average molecular weight is 341 g/mol. The van der Waals surface area contributed by atoms with Crippen LogP contribution in [-0.2, 0) is 11.2 Å². The van der Waals surface area contributed by atoms with Crippen LogP contribution in [0.1, 0.15) is 22.9 Å². The molecule has 0 saturated carbocycles. The van der Waals surface area contributed by atoms with E-state index in [-0.39, 0.29) is 11.9 Å². The Kier molecular flexibility index (Phi) is 5.00. The lowest BCUT2D eigenvalue weighted by Crippen LogP contribution is -2.32. The second-order valence-corrected chi connectivity index (χ2v) is 6.76. The lowest BCUT2D eigenvalue weighted by molar-refractivity contribution is -0.124. The molecule has 1 aromatic carbocycles. The fourth-order valence-electron chi connectivity index (χ4n) is 2.40. The maximum atomic E-state index is 12.1. The summed E-state index contributed by atoms with van der Waals surface area (Å²) in [6.07, 6.45) is 3.68. The minimum Gasteiger partial charge on any atom is -0.354 e. The van der Waals surface area contributed by atoms with Crippen molar-refractivity contribution in [3.63, 3.8) is 0 Å². The Labute approximate surface area is 144 Å². The summed E-state index contributed by atoms with van der Waals surface area (Å²) in [6, 6.07) is 9.78. The van der Waals surface area contributed by atoms with Gasteiger partial charge in [-0.25, -0.2) is 14.6 Å². The van der Waals surface area contributed by atoms with E-state index in [0.29, 0.717) is 13.0 Å². The van der Waals surface area contributed by atoms with Gasteiger partial charge in [-0.1, -0.05) is 30.3 Å². The second kappa shape index (κ2) is 7.35. The maximum absolute atomic E-state index is 12.1. The van der Waals surface area contributed by atoms with Crippen molar-refractivity contribution in [2.24, 2.45) is 0 Å². The highest BCUT2D eigenvalue weighted by atomic mass is 32.1. The van der Waals surface area contributed by atoms with Crippen LogP contribution < -0.4 is 5.32 Å². The minimum atomic E-state index is -0.370. The second-order valence-electron chi connectivity index (χ2n) is 5.47.